The smallest absolute Gasteiger partial charge is 0.134 e. The molecule has 0 heterocycles. The molecule has 0 saturated heterocycles. The highest BCUT2D eigenvalue weighted by Crippen LogP contribution is 2.28. The molecule has 94 valence electrons. The average Bonchev–Trinajstić information content (AvgIpc) is 2.51. The number of rotatable bonds is 5. The van der Waals surface area contributed by atoms with Gasteiger partial charge in [0.2, 0.25) is 0 Å². The molecule has 0 spiro atoms. The molecule has 1 saturated carbocycles. The van der Waals surface area contributed by atoms with Gasteiger partial charge < -0.3 is 5.73 Å². The van der Waals surface area contributed by atoms with E-state index < -0.39 is 0 Å². The van der Waals surface area contributed by atoms with Gasteiger partial charge >= 0.3 is 0 Å². The Morgan fingerprint density at radius 1 is 1.31 bits per heavy atom. The summed E-state index contributed by atoms with van der Waals surface area (Å²) in [4.78, 5) is 11.8. The quantitative estimate of drug-likeness (QED) is 0.780. The van der Waals surface area contributed by atoms with Crippen LogP contribution in [-0.2, 0) is 4.79 Å². The minimum atomic E-state index is 0.0499. The largest absolute Gasteiger partial charge is 0.327 e. The summed E-state index contributed by atoms with van der Waals surface area (Å²) in [5.74, 6) is 1.04. The zero-order valence-corrected chi connectivity index (χ0v) is 11.1. The molecule has 1 atom stereocenters. The number of hydrogen-bond donors (Lipinski definition) is 1. The summed E-state index contributed by atoms with van der Waals surface area (Å²) in [5, 5.41) is 0. The Morgan fingerprint density at radius 3 is 2.38 bits per heavy atom. The van der Waals surface area contributed by atoms with Crippen molar-refractivity contribution in [2.24, 2.45) is 17.1 Å². The molecule has 1 rings (SSSR count). The predicted molar refractivity (Wildman–Crippen MR) is 68.2 cm³/mol. The molecule has 2 N–H and O–H groups in total. The molecule has 1 aliphatic rings. The van der Waals surface area contributed by atoms with E-state index >= 15 is 0 Å². The molecule has 0 radical (unpaired) electrons. The molecule has 16 heavy (non-hydrogen) atoms. The topological polar surface area (TPSA) is 43.1 Å². The number of carbonyl (C=O) groups is 1. The van der Waals surface area contributed by atoms with E-state index in [-0.39, 0.29) is 11.5 Å². The molecular formula is C14H27NO. The van der Waals surface area contributed by atoms with Crippen LogP contribution in [0.5, 0.6) is 0 Å². The molecule has 0 aromatic carbocycles. The molecule has 1 aliphatic carbocycles. The monoisotopic (exact) mass is 225 g/mol. The number of carbonyl (C=O) groups excluding carboxylic acids is 1. The summed E-state index contributed by atoms with van der Waals surface area (Å²) in [7, 11) is 0. The summed E-state index contributed by atoms with van der Waals surface area (Å²) in [6, 6.07) is 0.0499. The lowest BCUT2D eigenvalue weighted by Crippen LogP contribution is -2.29. The van der Waals surface area contributed by atoms with Crippen molar-refractivity contribution in [3.8, 4) is 0 Å². The number of ketones is 1. The Morgan fingerprint density at radius 2 is 1.88 bits per heavy atom. The Kier molecular flexibility index (Phi) is 4.97. The third-order valence-corrected chi connectivity index (χ3v) is 3.36. The number of hydrogen-bond acceptors (Lipinski definition) is 2. The predicted octanol–water partition coefficient (Wildman–Crippen LogP) is 3.29. The van der Waals surface area contributed by atoms with E-state index in [4.69, 9.17) is 5.73 Å². The second-order valence-corrected chi connectivity index (χ2v) is 6.62. The van der Waals surface area contributed by atoms with Crippen molar-refractivity contribution in [2.75, 3.05) is 0 Å². The zero-order valence-electron chi connectivity index (χ0n) is 11.1. The Labute approximate surface area is 100.0 Å². The van der Waals surface area contributed by atoms with Gasteiger partial charge in [-0.3, -0.25) is 4.79 Å². The maximum absolute atomic E-state index is 11.8. The van der Waals surface area contributed by atoms with Gasteiger partial charge in [-0.2, -0.15) is 0 Å². The molecule has 0 aromatic rings. The van der Waals surface area contributed by atoms with E-state index in [1.54, 1.807) is 0 Å². The van der Waals surface area contributed by atoms with Gasteiger partial charge in [-0.15, -0.1) is 0 Å². The van der Waals surface area contributed by atoms with Crippen LogP contribution < -0.4 is 5.73 Å². The van der Waals surface area contributed by atoms with Crippen LogP contribution in [0.1, 0.15) is 65.7 Å². The third-order valence-electron chi connectivity index (χ3n) is 3.36. The van der Waals surface area contributed by atoms with Crippen LogP contribution in [-0.4, -0.2) is 11.8 Å². The van der Waals surface area contributed by atoms with Crippen molar-refractivity contribution in [3.63, 3.8) is 0 Å². The van der Waals surface area contributed by atoms with Gasteiger partial charge in [0.25, 0.3) is 0 Å². The lowest BCUT2D eigenvalue weighted by molar-refractivity contribution is -0.120. The fourth-order valence-electron chi connectivity index (χ4n) is 2.77. The first-order valence-corrected chi connectivity index (χ1v) is 6.64. The van der Waals surface area contributed by atoms with E-state index in [1.807, 2.05) is 0 Å². The first kappa shape index (κ1) is 13.7. The molecule has 1 fully saturated rings. The Balaban J connectivity index is 2.22. The highest BCUT2D eigenvalue weighted by molar-refractivity contribution is 5.79. The zero-order chi connectivity index (χ0) is 12.2. The highest BCUT2D eigenvalue weighted by atomic mass is 16.1. The minimum Gasteiger partial charge on any atom is -0.327 e. The van der Waals surface area contributed by atoms with Crippen LogP contribution in [0.4, 0.5) is 0 Å². The molecule has 0 aliphatic heterocycles. The maximum atomic E-state index is 11.8. The molecule has 2 heteroatoms. The van der Waals surface area contributed by atoms with Gasteiger partial charge in [-0.05, 0) is 17.8 Å². The summed E-state index contributed by atoms with van der Waals surface area (Å²) in [6.45, 7) is 6.52. The third kappa shape index (κ3) is 5.64. The van der Waals surface area contributed by atoms with Crippen molar-refractivity contribution < 1.29 is 4.79 Å². The van der Waals surface area contributed by atoms with Crippen molar-refractivity contribution in [1.82, 2.24) is 0 Å². The van der Waals surface area contributed by atoms with E-state index in [9.17, 15) is 4.79 Å². The van der Waals surface area contributed by atoms with Gasteiger partial charge in [0.15, 0.2) is 0 Å². The normalized spacial score (nSPS) is 20.0. The second-order valence-electron chi connectivity index (χ2n) is 6.62. The van der Waals surface area contributed by atoms with Crippen molar-refractivity contribution in [3.05, 3.63) is 0 Å². The minimum absolute atomic E-state index is 0.0499. The van der Waals surface area contributed by atoms with Crippen molar-refractivity contribution in [2.45, 2.75) is 71.8 Å². The summed E-state index contributed by atoms with van der Waals surface area (Å²) < 4.78 is 0. The van der Waals surface area contributed by atoms with Gasteiger partial charge in [0, 0.05) is 18.9 Å². The van der Waals surface area contributed by atoms with Crippen molar-refractivity contribution in [1.29, 1.82) is 0 Å². The Hall–Kier alpha value is -0.370. The molecule has 1 unspecified atom stereocenters. The number of nitrogens with two attached hydrogens (primary N) is 1. The first-order chi connectivity index (χ1) is 7.37. The fourth-order valence-corrected chi connectivity index (χ4v) is 2.77. The van der Waals surface area contributed by atoms with Crippen LogP contribution >= 0.6 is 0 Å². The lowest BCUT2D eigenvalue weighted by atomic mass is 9.86. The molecule has 0 amide bonds. The molecular weight excluding hydrogens is 198 g/mol. The highest BCUT2D eigenvalue weighted by Gasteiger charge is 2.21. The van der Waals surface area contributed by atoms with E-state index in [0.717, 1.165) is 12.8 Å². The SMILES string of the molecule is CC(C)(C)CC(N)CC(=O)CC1CCCC1. The van der Waals surface area contributed by atoms with Crippen LogP contribution in [0.15, 0.2) is 0 Å². The van der Waals surface area contributed by atoms with Crippen LogP contribution in [0.25, 0.3) is 0 Å². The maximum Gasteiger partial charge on any atom is 0.134 e. The lowest BCUT2D eigenvalue weighted by Gasteiger charge is -2.23. The standard InChI is InChI=1S/C14H27NO/c1-14(2,3)10-12(15)9-13(16)8-11-6-4-5-7-11/h11-12H,4-10,15H2,1-3H3. The van der Waals surface area contributed by atoms with Gasteiger partial charge in [0.1, 0.15) is 5.78 Å². The summed E-state index contributed by atoms with van der Waals surface area (Å²) in [6.07, 6.45) is 7.41. The van der Waals surface area contributed by atoms with Crippen LogP contribution in [0.3, 0.4) is 0 Å². The van der Waals surface area contributed by atoms with Gasteiger partial charge in [-0.25, -0.2) is 0 Å². The Bertz CT molecular complexity index is 223. The van der Waals surface area contributed by atoms with Gasteiger partial charge in [0.05, 0.1) is 0 Å². The summed E-state index contributed by atoms with van der Waals surface area (Å²) in [5.41, 5.74) is 6.24. The average molecular weight is 225 g/mol. The van der Waals surface area contributed by atoms with Crippen molar-refractivity contribution >= 4 is 5.78 Å². The molecule has 2 nitrogen and oxygen atoms in total. The van der Waals surface area contributed by atoms with E-state index in [0.29, 0.717) is 18.1 Å². The molecule has 0 aromatic heterocycles. The van der Waals surface area contributed by atoms with Gasteiger partial charge in [-0.1, -0.05) is 46.5 Å². The number of Topliss-reactive ketones (excluding diaryl/α,β-unsaturated/α-hetero) is 1. The fraction of sp³-hybridized carbons (Fsp3) is 0.929. The van der Waals surface area contributed by atoms with Crippen LogP contribution in [0, 0.1) is 11.3 Å². The first-order valence-electron chi connectivity index (χ1n) is 6.64. The summed E-state index contributed by atoms with van der Waals surface area (Å²) >= 11 is 0. The van der Waals surface area contributed by atoms with Crippen LogP contribution in [0.2, 0.25) is 0 Å². The second kappa shape index (κ2) is 5.81. The van der Waals surface area contributed by atoms with E-state index in [1.165, 1.54) is 25.7 Å². The van der Waals surface area contributed by atoms with E-state index in [2.05, 4.69) is 20.8 Å². The molecule has 0 bridgehead atoms.